The van der Waals surface area contributed by atoms with Gasteiger partial charge in [-0.3, -0.25) is 0 Å². The van der Waals surface area contributed by atoms with Crippen LogP contribution in [-0.2, 0) is 14.3 Å². The molecule has 31 heavy (non-hydrogen) atoms. The number of hydrogen-bond acceptors (Lipinski definition) is 4. The molecular weight excluding hydrogens is 394 g/mol. The molecule has 0 radical (unpaired) electrons. The highest BCUT2D eigenvalue weighted by molar-refractivity contribution is 5.69. The van der Waals surface area contributed by atoms with E-state index < -0.39 is 5.97 Å². The van der Waals surface area contributed by atoms with E-state index in [0.29, 0.717) is 25.0 Å². The summed E-state index contributed by atoms with van der Waals surface area (Å²) < 4.78 is 10.9. The number of benzene rings is 2. The van der Waals surface area contributed by atoms with E-state index in [1.165, 1.54) is 0 Å². The van der Waals surface area contributed by atoms with E-state index in [1.807, 2.05) is 60.7 Å². The molecule has 0 saturated heterocycles. The molecule has 0 bridgehead atoms. The van der Waals surface area contributed by atoms with Crippen molar-refractivity contribution in [3.8, 4) is 0 Å². The summed E-state index contributed by atoms with van der Waals surface area (Å²) in [7, 11) is 1.78. The Labute approximate surface area is 183 Å². The highest BCUT2D eigenvalue weighted by Crippen LogP contribution is 2.31. The standard InChI is InChI=1S/C25H31NO5/c1-26(24(21-8-4-2-5-9-21)22-10-6-3-7-11-22)25(29)31-17-20-14-12-19(13-15-20)16-30-18-23(27)28/h2-11,19-20,24H,12-18H2,1H3,(H,27,28). The van der Waals surface area contributed by atoms with E-state index in [9.17, 15) is 9.59 Å². The van der Waals surface area contributed by atoms with Gasteiger partial charge in [0.05, 0.1) is 19.3 Å². The van der Waals surface area contributed by atoms with Gasteiger partial charge < -0.3 is 19.5 Å². The Morgan fingerprint density at radius 2 is 1.39 bits per heavy atom. The van der Waals surface area contributed by atoms with Crippen molar-refractivity contribution in [3.05, 3.63) is 71.8 Å². The predicted octanol–water partition coefficient (Wildman–Crippen LogP) is 4.75. The van der Waals surface area contributed by atoms with Gasteiger partial charge in [-0.15, -0.1) is 0 Å². The monoisotopic (exact) mass is 425 g/mol. The molecule has 0 heterocycles. The largest absolute Gasteiger partial charge is 0.480 e. The second-order valence-electron chi connectivity index (χ2n) is 8.21. The Morgan fingerprint density at radius 3 is 1.87 bits per heavy atom. The van der Waals surface area contributed by atoms with Crippen molar-refractivity contribution in [2.24, 2.45) is 11.8 Å². The van der Waals surface area contributed by atoms with E-state index in [1.54, 1.807) is 11.9 Å². The molecule has 0 unspecified atom stereocenters. The number of nitrogens with zero attached hydrogens (tertiary/aromatic N) is 1. The maximum Gasteiger partial charge on any atom is 0.410 e. The van der Waals surface area contributed by atoms with Crippen molar-refractivity contribution >= 4 is 12.1 Å². The second kappa shape index (κ2) is 11.5. The van der Waals surface area contributed by atoms with Gasteiger partial charge in [-0.05, 0) is 48.6 Å². The Morgan fingerprint density at radius 1 is 0.903 bits per heavy atom. The number of carboxylic acid groups (broad SMARTS) is 1. The SMILES string of the molecule is CN(C(=O)OCC1CCC(COCC(=O)O)CC1)C(c1ccccc1)c1ccccc1. The molecule has 0 aromatic heterocycles. The zero-order valence-electron chi connectivity index (χ0n) is 18.0. The van der Waals surface area contributed by atoms with Crippen LogP contribution in [-0.4, -0.2) is 48.9 Å². The Balaban J connectivity index is 1.52. The number of carboxylic acids is 1. The summed E-state index contributed by atoms with van der Waals surface area (Å²) in [6.45, 7) is 0.646. The first-order valence-electron chi connectivity index (χ1n) is 10.8. The second-order valence-corrected chi connectivity index (χ2v) is 8.21. The lowest BCUT2D eigenvalue weighted by molar-refractivity contribution is -0.142. The fourth-order valence-electron chi connectivity index (χ4n) is 4.18. The average Bonchev–Trinajstić information content (AvgIpc) is 2.79. The van der Waals surface area contributed by atoms with E-state index in [-0.39, 0.29) is 18.7 Å². The summed E-state index contributed by atoms with van der Waals surface area (Å²) in [5.74, 6) is -0.219. The molecule has 0 atom stereocenters. The Hall–Kier alpha value is -2.86. The first-order valence-corrected chi connectivity index (χ1v) is 10.8. The number of amides is 1. The van der Waals surface area contributed by atoms with E-state index in [4.69, 9.17) is 14.6 Å². The number of carbonyl (C=O) groups is 2. The fourth-order valence-corrected chi connectivity index (χ4v) is 4.18. The lowest BCUT2D eigenvalue weighted by Gasteiger charge is -2.31. The molecule has 1 fully saturated rings. The summed E-state index contributed by atoms with van der Waals surface area (Å²) in [5, 5.41) is 8.66. The van der Waals surface area contributed by atoms with Crippen LogP contribution < -0.4 is 0 Å². The van der Waals surface area contributed by atoms with Gasteiger partial charge in [0, 0.05) is 7.05 Å². The smallest absolute Gasteiger partial charge is 0.410 e. The van der Waals surface area contributed by atoms with Crippen LogP contribution in [0.15, 0.2) is 60.7 Å². The van der Waals surface area contributed by atoms with Crippen LogP contribution in [0.1, 0.15) is 42.9 Å². The molecule has 0 spiro atoms. The molecule has 6 heteroatoms. The van der Waals surface area contributed by atoms with Crippen LogP contribution in [0.4, 0.5) is 4.79 Å². The van der Waals surface area contributed by atoms with E-state index in [0.717, 1.165) is 36.8 Å². The third kappa shape index (κ3) is 6.82. The maximum atomic E-state index is 12.9. The van der Waals surface area contributed by atoms with Gasteiger partial charge in [-0.1, -0.05) is 60.7 Å². The zero-order valence-corrected chi connectivity index (χ0v) is 18.0. The maximum absolute atomic E-state index is 12.9. The summed E-state index contributed by atoms with van der Waals surface area (Å²) in [6, 6.07) is 19.7. The summed E-state index contributed by atoms with van der Waals surface area (Å²) in [5.41, 5.74) is 2.07. The van der Waals surface area contributed by atoms with Crippen LogP contribution in [0.5, 0.6) is 0 Å². The van der Waals surface area contributed by atoms with Gasteiger partial charge in [0.15, 0.2) is 0 Å². The Kier molecular flexibility index (Phi) is 8.47. The van der Waals surface area contributed by atoms with Crippen molar-refractivity contribution in [2.45, 2.75) is 31.7 Å². The molecule has 1 saturated carbocycles. The minimum absolute atomic E-state index is 0.211. The van der Waals surface area contributed by atoms with Crippen LogP contribution in [0.3, 0.4) is 0 Å². The van der Waals surface area contributed by atoms with E-state index in [2.05, 4.69) is 0 Å². The molecule has 1 amide bonds. The van der Waals surface area contributed by atoms with Crippen molar-refractivity contribution < 1.29 is 24.2 Å². The van der Waals surface area contributed by atoms with Crippen molar-refractivity contribution in [1.29, 1.82) is 0 Å². The van der Waals surface area contributed by atoms with Gasteiger partial charge in [-0.2, -0.15) is 0 Å². The average molecular weight is 426 g/mol. The van der Waals surface area contributed by atoms with E-state index >= 15 is 0 Å². The summed E-state index contributed by atoms with van der Waals surface area (Å²) >= 11 is 0. The first-order chi connectivity index (χ1) is 15.0. The third-order valence-electron chi connectivity index (χ3n) is 5.89. The number of carbonyl (C=O) groups excluding carboxylic acids is 1. The van der Waals surface area contributed by atoms with Crippen LogP contribution in [0.2, 0.25) is 0 Å². The number of ether oxygens (including phenoxy) is 2. The van der Waals surface area contributed by atoms with Gasteiger partial charge >= 0.3 is 12.1 Å². The normalized spacial score (nSPS) is 18.5. The molecule has 1 N–H and O–H groups in total. The molecule has 0 aliphatic heterocycles. The summed E-state index contributed by atoms with van der Waals surface area (Å²) in [4.78, 5) is 25.1. The van der Waals surface area contributed by atoms with Crippen molar-refractivity contribution in [3.63, 3.8) is 0 Å². The number of rotatable bonds is 9. The highest BCUT2D eigenvalue weighted by Gasteiger charge is 2.27. The quantitative estimate of drug-likeness (QED) is 0.627. The molecular formula is C25H31NO5. The minimum atomic E-state index is -0.936. The van der Waals surface area contributed by atoms with Gasteiger partial charge in [-0.25, -0.2) is 9.59 Å². The molecule has 2 aromatic carbocycles. The molecule has 6 nitrogen and oxygen atoms in total. The van der Waals surface area contributed by atoms with Gasteiger partial charge in [0.2, 0.25) is 0 Å². The van der Waals surface area contributed by atoms with Crippen LogP contribution in [0, 0.1) is 11.8 Å². The predicted molar refractivity (Wildman–Crippen MR) is 118 cm³/mol. The summed E-state index contributed by atoms with van der Waals surface area (Å²) in [6.07, 6.45) is 3.52. The molecule has 3 rings (SSSR count). The highest BCUT2D eigenvalue weighted by atomic mass is 16.6. The van der Waals surface area contributed by atoms with Crippen molar-refractivity contribution in [2.75, 3.05) is 26.9 Å². The minimum Gasteiger partial charge on any atom is -0.480 e. The van der Waals surface area contributed by atoms with Crippen LogP contribution in [0.25, 0.3) is 0 Å². The zero-order chi connectivity index (χ0) is 22.1. The molecule has 2 aromatic rings. The first kappa shape index (κ1) is 22.8. The van der Waals surface area contributed by atoms with Crippen molar-refractivity contribution in [1.82, 2.24) is 4.90 Å². The van der Waals surface area contributed by atoms with Crippen LogP contribution >= 0.6 is 0 Å². The lowest BCUT2D eigenvalue weighted by Crippen LogP contribution is -2.34. The molecule has 166 valence electrons. The Bertz CT molecular complexity index is 779. The van der Waals surface area contributed by atoms with Gasteiger partial charge in [0.1, 0.15) is 6.61 Å². The van der Waals surface area contributed by atoms with Gasteiger partial charge in [0.25, 0.3) is 0 Å². The molecule has 1 aliphatic rings. The lowest BCUT2D eigenvalue weighted by atomic mass is 9.83. The topological polar surface area (TPSA) is 76.1 Å². The third-order valence-corrected chi connectivity index (χ3v) is 5.89. The molecule has 1 aliphatic carbocycles. The number of aliphatic carboxylic acids is 1. The number of hydrogen-bond donors (Lipinski definition) is 1. The fraction of sp³-hybridized carbons (Fsp3) is 0.440.